The summed E-state index contributed by atoms with van der Waals surface area (Å²) in [5.74, 6) is -1.17. The molecule has 2 N–H and O–H groups in total. The second-order valence-corrected chi connectivity index (χ2v) is 13.9. The quantitative estimate of drug-likeness (QED) is 0.0794. The van der Waals surface area contributed by atoms with E-state index in [1.54, 1.807) is 0 Å². The van der Waals surface area contributed by atoms with Crippen molar-refractivity contribution >= 4 is 17.5 Å². The monoisotopic (exact) mass is 699 g/mol. The highest BCUT2D eigenvalue weighted by Gasteiger charge is 2.45. The van der Waals surface area contributed by atoms with Crippen LogP contribution in [0.1, 0.15) is 69.1 Å². The molecule has 0 amide bonds. The van der Waals surface area contributed by atoms with Crippen LogP contribution in [-0.4, -0.2) is 65.3 Å². The first-order valence-corrected chi connectivity index (χ1v) is 17.6. The van der Waals surface area contributed by atoms with Crippen LogP contribution in [0, 0.1) is 5.41 Å². The smallest absolute Gasteiger partial charge is 0.303 e. The number of carboxylic acids is 1. The Kier molecular flexibility index (Phi) is 13.9. The van der Waals surface area contributed by atoms with Crippen LogP contribution in [0.15, 0.2) is 107 Å². The Morgan fingerprint density at radius 2 is 1.37 bits per heavy atom. The summed E-state index contributed by atoms with van der Waals surface area (Å²) >= 11 is 0. The summed E-state index contributed by atoms with van der Waals surface area (Å²) in [4.78, 5) is 31.1. The molecule has 1 aliphatic heterocycles. The second-order valence-electron chi connectivity index (χ2n) is 13.9. The van der Waals surface area contributed by atoms with Crippen molar-refractivity contribution in [3.63, 3.8) is 0 Å². The van der Waals surface area contributed by atoms with Crippen LogP contribution in [0.5, 0.6) is 0 Å². The molecule has 3 aromatic carbocycles. The Balaban J connectivity index is 1.45. The number of Topliss-reactive ketones (excluding diaryl/α,β-unsaturated/α-hetero) is 1. The van der Waals surface area contributed by atoms with Crippen molar-refractivity contribution in [2.45, 2.75) is 96.6 Å². The molecule has 10 heteroatoms. The van der Waals surface area contributed by atoms with E-state index in [1.165, 1.54) is 0 Å². The molecular weight excluding hydrogens is 650 g/mol. The molecule has 2 aliphatic rings. The molecule has 3 aromatic rings. The first-order valence-electron chi connectivity index (χ1n) is 17.6. The van der Waals surface area contributed by atoms with Gasteiger partial charge in [-0.05, 0) is 41.4 Å². The number of aliphatic carboxylic acids is 1. The van der Waals surface area contributed by atoms with Gasteiger partial charge >= 0.3 is 5.97 Å². The van der Waals surface area contributed by atoms with Crippen molar-refractivity contribution in [2.75, 3.05) is 13.2 Å². The molecule has 51 heavy (non-hydrogen) atoms. The minimum Gasteiger partial charge on any atom is -0.511 e. The zero-order valence-corrected chi connectivity index (χ0v) is 29.4. The van der Waals surface area contributed by atoms with Crippen molar-refractivity contribution in [2.24, 2.45) is 10.6 Å². The summed E-state index contributed by atoms with van der Waals surface area (Å²) in [7, 11) is 0. The molecule has 0 bridgehead atoms. The maximum absolute atomic E-state index is 13.5. The minimum absolute atomic E-state index is 0.0206. The normalized spacial score (nSPS) is 22.2. The molecule has 1 fully saturated rings. The Labute approximate surface area is 300 Å². The number of ketones is 1. The Bertz CT molecular complexity index is 1610. The van der Waals surface area contributed by atoms with E-state index in [0.29, 0.717) is 32.5 Å². The number of unbranched alkanes of at least 4 members (excludes halogenated alkanes) is 1. The number of carbonyl (C=O) groups is 2. The van der Waals surface area contributed by atoms with Gasteiger partial charge in [-0.1, -0.05) is 110 Å². The molecule has 0 aromatic heterocycles. The number of ether oxygens (including phenoxy) is 4. The summed E-state index contributed by atoms with van der Waals surface area (Å²) < 4.78 is 25.5. The van der Waals surface area contributed by atoms with Gasteiger partial charge in [-0.3, -0.25) is 9.59 Å². The predicted octanol–water partition coefficient (Wildman–Crippen LogP) is 7.36. The van der Waals surface area contributed by atoms with Gasteiger partial charge in [0.2, 0.25) is 0 Å². The van der Waals surface area contributed by atoms with Crippen LogP contribution in [0.3, 0.4) is 0 Å². The number of hydrogen-bond acceptors (Lipinski definition) is 9. The number of allylic oxidation sites excluding steroid dienone is 2. The topological polar surface area (TPSA) is 133 Å². The number of nitrogens with zero attached hydrogens (tertiary/aromatic N) is 1. The zero-order chi connectivity index (χ0) is 36.1. The third-order valence-electron chi connectivity index (χ3n) is 9.00. The average Bonchev–Trinajstić information content (AvgIpc) is 3.11. The maximum atomic E-state index is 13.5. The lowest BCUT2D eigenvalue weighted by Gasteiger charge is -2.41. The number of aliphatic hydroxyl groups is 1. The molecular formula is C41H49NO9. The molecule has 10 nitrogen and oxygen atoms in total. The fraction of sp³-hybridized carbons (Fsp3) is 0.439. The van der Waals surface area contributed by atoms with Crippen LogP contribution < -0.4 is 0 Å². The summed E-state index contributed by atoms with van der Waals surface area (Å²) in [6.07, 6.45) is -1.07. The number of rotatable bonds is 18. The Morgan fingerprint density at radius 1 is 0.804 bits per heavy atom. The molecule has 1 saturated heterocycles. The van der Waals surface area contributed by atoms with Crippen LogP contribution in [0.4, 0.5) is 0 Å². The summed E-state index contributed by atoms with van der Waals surface area (Å²) in [6.45, 7) is 5.21. The highest BCUT2D eigenvalue weighted by molar-refractivity contribution is 6.23. The fourth-order valence-electron chi connectivity index (χ4n) is 6.38. The molecule has 1 aliphatic carbocycles. The van der Waals surface area contributed by atoms with E-state index in [4.69, 9.17) is 23.8 Å². The van der Waals surface area contributed by atoms with Gasteiger partial charge in [0.15, 0.2) is 11.9 Å². The number of aliphatic hydroxyl groups excluding tert-OH is 1. The molecule has 0 unspecified atom stereocenters. The van der Waals surface area contributed by atoms with Crippen molar-refractivity contribution in [3.8, 4) is 0 Å². The lowest BCUT2D eigenvalue weighted by molar-refractivity contribution is -0.244. The van der Waals surface area contributed by atoms with Gasteiger partial charge in [0.05, 0.1) is 44.3 Å². The van der Waals surface area contributed by atoms with Crippen LogP contribution in [-0.2, 0) is 53.2 Å². The van der Waals surface area contributed by atoms with Gasteiger partial charge in [-0.2, -0.15) is 0 Å². The standard InChI is InChI=1S/C41H49NO9/c1-41(2)22-33(43)38(34(44)23-41)32(20-12-13-21-37(45)46)42-51-40-35(27-47-24-29-14-6-3-7-15-29)49-28-36(48-25-30-16-8-4-9-17-30)39(40)50-26-31-18-10-5-11-19-31/h3-11,14-19,35-36,39-40,43H,12-13,20-28H2,1-2H3,(H,45,46)/t35-,36+,39-,40+/m1/s1. The summed E-state index contributed by atoms with van der Waals surface area (Å²) in [5, 5.41) is 24.9. The number of hydrogen-bond donors (Lipinski definition) is 2. The van der Waals surface area contributed by atoms with E-state index < -0.39 is 35.8 Å². The van der Waals surface area contributed by atoms with Gasteiger partial charge in [0.25, 0.3) is 0 Å². The number of carbonyl (C=O) groups excluding carboxylic acids is 1. The number of carboxylic acid groups (broad SMARTS) is 1. The van der Waals surface area contributed by atoms with Gasteiger partial charge in [0.1, 0.15) is 24.1 Å². The van der Waals surface area contributed by atoms with Gasteiger partial charge in [0, 0.05) is 19.3 Å². The highest BCUT2D eigenvalue weighted by atomic mass is 16.7. The van der Waals surface area contributed by atoms with E-state index in [1.807, 2.05) is 105 Å². The van der Waals surface area contributed by atoms with Crippen molar-refractivity contribution < 1.29 is 43.6 Å². The largest absolute Gasteiger partial charge is 0.511 e. The molecule has 0 radical (unpaired) electrons. The lowest BCUT2D eigenvalue weighted by Crippen LogP contribution is -2.57. The van der Waals surface area contributed by atoms with Crippen molar-refractivity contribution in [3.05, 3.63) is 119 Å². The average molecular weight is 700 g/mol. The third-order valence-corrected chi connectivity index (χ3v) is 9.00. The first-order chi connectivity index (χ1) is 24.7. The highest BCUT2D eigenvalue weighted by Crippen LogP contribution is 2.37. The van der Waals surface area contributed by atoms with Gasteiger partial charge < -0.3 is 34.0 Å². The van der Waals surface area contributed by atoms with E-state index in [0.717, 1.165) is 16.7 Å². The number of oxime groups is 1. The fourth-order valence-corrected chi connectivity index (χ4v) is 6.38. The Hall–Kier alpha value is -4.35. The summed E-state index contributed by atoms with van der Waals surface area (Å²) in [6, 6.07) is 29.5. The van der Waals surface area contributed by atoms with E-state index in [-0.39, 0.29) is 61.9 Å². The van der Waals surface area contributed by atoms with E-state index in [9.17, 15) is 19.8 Å². The lowest BCUT2D eigenvalue weighted by atomic mass is 9.75. The van der Waals surface area contributed by atoms with Crippen molar-refractivity contribution in [1.82, 2.24) is 0 Å². The number of benzene rings is 3. The minimum atomic E-state index is -0.903. The van der Waals surface area contributed by atoms with E-state index >= 15 is 0 Å². The molecule has 4 atom stereocenters. The second kappa shape index (κ2) is 18.8. The summed E-state index contributed by atoms with van der Waals surface area (Å²) in [5.41, 5.74) is 2.98. The van der Waals surface area contributed by atoms with Gasteiger partial charge in [-0.15, -0.1) is 0 Å². The van der Waals surface area contributed by atoms with Crippen molar-refractivity contribution in [1.29, 1.82) is 0 Å². The molecule has 0 spiro atoms. The van der Waals surface area contributed by atoms with Crippen LogP contribution in [0.2, 0.25) is 0 Å². The van der Waals surface area contributed by atoms with Gasteiger partial charge in [-0.25, -0.2) is 0 Å². The third kappa shape index (κ3) is 11.6. The maximum Gasteiger partial charge on any atom is 0.303 e. The zero-order valence-electron chi connectivity index (χ0n) is 29.4. The van der Waals surface area contributed by atoms with Crippen LogP contribution in [0.25, 0.3) is 0 Å². The molecule has 0 saturated carbocycles. The predicted molar refractivity (Wildman–Crippen MR) is 192 cm³/mol. The SMILES string of the molecule is CC1(C)CC(=O)C(C(CCCCC(=O)O)=NO[C@@H]2[C@H](OCc3ccccc3)[C@@H](OCc3ccccc3)CO[C@@H]2COCc2ccccc2)=C(O)C1. The van der Waals surface area contributed by atoms with E-state index in [2.05, 4.69) is 5.16 Å². The Morgan fingerprint density at radius 3 is 1.96 bits per heavy atom. The molecule has 5 rings (SSSR count). The first kappa shape index (κ1) is 37.9. The molecule has 1 heterocycles. The van der Waals surface area contributed by atoms with Crippen LogP contribution >= 0.6 is 0 Å². The molecule has 272 valence electrons.